The van der Waals surface area contributed by atoms with Gasteiger partial charge >= 0.3 is 0 Å². The van der Waals surface area contributed by atoms with Crippen molar-refractivity contribution in [2.45, 2.75) is 11.1 Å². The summed E-state index contributed by atoms with van der Waals surface area (Å²) in [6, 6.07) is 17.3. The van der Waals surface area contributed by atoms with Crippen molar-refractivity contribution >= 4 is 32.5 Å². The molecule has 0 aliphatic heterocycles. The molecular weight excluding hydrogens is 460 g/mol. The monoisotopic (exact) mass is 486 g/mol. The van der Waals surface area contributed by atoms with Crippen LogP contribution in [0, 0.1) is 0 Å². The second kappa shape index (κ2) is 9.98. The van der Waals surface area contributed by atoms with E-state index < -0.39 is 15.2 Å². The van der Waals surface area contributed by atoms with E-state index in [1.54, 1.807) is 30.8 Å². The fourth-order valence-electron chi connectivity index (χ4n) is 3.64. The molecule has 2 heterocycles. The molecule has 0 saturated heterocycles. The van der Waals surface area contributed by atoms with E-state index in [0.717, 1.165) is 28.0 Å². The largest absolute Gasteiger partial charge is 0.493 e. The van der Waals surface area contributed by atoms with Gasteiger partial charge in [0.2, 0.25) is 11.8 Å². The lowest BCUT2D eigenvalue weighted by Crippen LogP contribution is -2.27. The minimum atomic E-state index is -3.31. The van der Waals surface area contributed by atoms with E-state index >= 15 is 0 Å². The summed E-state index contributed by atoms with van der Waals surface area (Å²) in [6.07, 6.45) is 1.24. The van der Waals surface area contributed by atoms with Gasteiger partial charge in [-0.25, -0.2) is 8.42 Å². The Kier molecular flexibility index (Phi) is 7.06. The predicted molar refractivity (Wildman–Crippen MR) is 131 cm³/mol. The van der Waals surface area contributed by atoms with E-state index in [0.29, 0.717) is 29.8 Å². The lowest BCUT2D eigenvalue weighted by molar-refractivity contribution is 0.344. The number of hydrogen-bond donors (Lipinski definition) is 1. The minimum absolute atomic E-state index is 0.433. The summed E-state index contributed by atoms with van der Waals surface area (Å²) in [4.78, 5) is 4.89. The first kappa shape index (κ1) is 23.3. The Hall–Kier alpha value is -2.82. The van der Waals surface area contributed by atoms with E-state index in [4.69, 9.17) is 9.15 Å². The molecule has 2 aromatic heterocycles. The average Bonchev–Trinajstić information content (AvgIpc) is 3.39. The van der Waals surface area contributed by atoms with Crippen LogP contribution < -0.4 is 4.74 Å². The number of benzene rings is 2. The van der Waals surface area contributed by atoms with Gasteiger partial charge in [-0.15, -0.1) is 22.0 Å². The number of para-hydroxylation sites is 1. The van der Waals surface area contributed by atoms with Gasteiger partial charge in [0.25, 0.3) is 0 Å². The molecule has 174 valence electrons. The van der Waals surface area contributed by atoms with Crippen LogP contribution in [0.4, 0.5) is 0 Å². The van der Waals surface area contributed by atoms with Crippen LogP contribution in [-0.2, 0) is 15.6 Å². The maximum absolute atomic E-state index is 12.2. The van der Waals surface area contributed by atoms with Gasteiger partial charge in [0.15, 0.2) is 15.2 Å². The predicted octanol–water partition coefficient (Wildman–Crippen LogP) is 4.13. The third-order valence-electron chi connectivity index (χ3n) is 4.96. The number of ether oxygens (including phenoxy) is 1. The molecule has 0 aliphatic rings. The molecule has 8 nitrogen and oxygen atoms in total. The summed E-state index contributed by atoms with van der Waals surface area (Å²) >= 11 is 1.66. The molecule has 0 amide bonds. The molecule has 33 heavy (non-hydrogen) atoms. The molecule has 0 saturated carbocycles. The van der Waals surface area contributed by atoms with Crippen LogP contribution in [0.1, 0.15) is 17.0 Å². The maximum Gasteiger partial charge on any atom is 0.247 e. The zero-order valence-corrected chi connectivity index (χ0v) is 20.3. The minimum Gasteiger partial charge on any atom is -0.493 e. The zero-order chi connectivity index (χ0) is 23.4. The van der Waals surface area contributed by atoms with Gasteiger partial charge in [-0.2, -0.15) is 0 Å². The Bertz CT molecular complexity index is 1320. The van der Waals surface area contributed by atoms with Crippen molar-refractivity contribution in [2.24, 2.45) is 0 Å². The average molecular weight is 487 g/mol. The second-order valence-electron chi connectivity index (χ2n) is 7.89. The topological polar surface area (TPSA) is 101 Å². The maximum atomic E-state index is 12.2. The number of nitrogens with zero attached hydrogens (tertiary/aromatic N) is 3. The lowest BCUT2D eigenvalue weighted by Gasteiger charge is -2.21. The molecule has 0 bridgehead atoms. The van der Waals surface area contributed by atoms with Gasteiger partial charge in [0.05, 0.1) is 12.4 Å². The summed E-state index contributed by atoms with van der Waals surface area (Å²) in [6.45, 7) is 0.601. The smallest absolute Gasteiger partial charge is 0.247 e. The van der Waals surface area contributed by atoms with Crippen LogP contribution >= 0.6 is 11.8 Å². The molecule has 0 spiro atoms. The number of aromatic nitrogens is 3. The Morgan fingerprint density at radius 2 is 1.91 bits per heavy atom. The summed E-state index contributed by atoms with van der Waals surface area (Å²) in [5, 5.41) is 8.45. The number of aromatic amines is 1. The standard InChI is InChI=1S/C23H26N4O4S2/c1-27(2)23(33(3,28)29)20-14-17-13-16(9-10-19(17)24-20)22-26-25-21(31-22)15-32-12-11-30-18-7-5-4-6-8-18/h4-10,13-14,23-24H,11-12,15H2,1-3H3. The van der Waals surface area contributed by atoms with Gasteiger partial charge in [0.1, 0.15) is 5.75 Å². The Labute approximate surface area is 197 Å². The van der Waals surface area contributed by atoms with Gasteiger partial charge in [-0.3, -0.25) is 4.90 Å². The first-order valence-corrected chi connectivity index (χ1v) is 13.5. The lowest BCUT2D eigenvalue weighted by atomic mass is 10.1. The van der Waals surface area contributed by atoms with E-state index in [-0.39, 0.29) is 0 Å². The highest BCUT2D eigenvalue weighted by atomic mass is 32.2. The number of thioether (sulfide) groups is 1. The van der Waals surface area contributed by atoms with Gasteiger partial charge in [-0.1, -0.05) is 18.2 Å². The molecule has 0 radical (unpaired) electrons. The van der Waals surface area contributed by atoms with Crippen molar-refractivity contribution in [2.75, 3.05) is 32.7 Å². The molecule has 10 heteroatoms. The highest BCUT2D eigenvalue weighted by Crippen LogP contribution is 2.30. The van der Waals surface area contributed by atoms with Crippen LogP contribution in [0.15, 0.2) is 59.0 Å². The molecule has 0 aliphatic carbocycles. The van der Waals surface area contributed by atoms with Gasteiger partial charge in [0, 0.05) is 34.2 Å². The highest BCUT2D eigenvalue weighted by Gasteiger charge is 2.26. The van der Waals surface area contributed by atoms with Crippen molar-refractivity contribution in [3.05, 3.63) is 66.2 Å². The fourth-order valence-corrected chi connectivity index (χ4v) is 5.63. The zero-order valence-electron chi connectivity index (χ0n) is 18.7. The SMILES string of the molecule is CN(C)C(c1cc2cc(-c3nnc(CSCCOc4ccccc4)o3)ccc2[nH]1)S(C)(=O)=O. The molecule has 4 rings (SSSR count). The van der Waals surface area contributed by atoms with Crippen LogP contribution in [0.5, 0.6) is 5.75 Å². The number of sulfone groups is 1. The number of H-pyrrole nitrogens is 1. The number of fused-ring (bicyclic) bond motifs is 1. The van der Waals surface area contributed by atoms with Gasteiger partial charge in [-0.05, 0) is 50.5 Å². The third-order valence-corrected chi connectivity index (χ3v) is 7.35. The number of hydrogen-bond acceptors (Lipinski definition) is 8. The fraction of sp³-hybridized carbons (Fsp3) is 0.304. The molecular formula is C23H26N4O4S2. The second-order valence-corrected chi connectivity index (χ2v) is 11.1. The van der Waals surface area contributed by atoms with E-state index in [2.05, 4.69) is 15.2 Å². The van der Waals surface area contributed by atoms with Crippen LogP contribution in [-0.4, -0.2) is 61.2 Å². The van der Waals surface area contributed by atoms with Crippen LogP contribution in [0.25, 0.3) is 22.4 Å². The highest BCUT2D eigenvalue weighted by molar-refractivity contribution is 7.98. The van der Waals surface area contributed by atoms with E-state index in [1.165, 1.54) is 6.26 Å². The first-order chi connectivity index (χ1) is 15.8. The molecule has 2 aromatic carbocycles. The molecule has 1 unspecified atom stereocenters. The first-order valence-electron chi connectivity index (χ1n) is 10.4. The molecule has 4 aromatic rings. The molecule has 1 N–H and O–H groups in total. The van der Waals surface area contributed by atoms with Crippen molar-refractivity contribution in [3.8, 4) is 17.2 Å². The summed E-state index contributed by atoms with van der Waals surface area (Å²) < 4.78 is 36.0. The van der Waals surface area contributed by atoms with Gasteiger partial charge < -0.3 is 14.1 Å². The van der Waals surface area contributed by atoms with E-state index in [9.17, 15) is 8.42 Å². The van der Waals surface area contributed by atoms with Crippen LogP contribution in [0.2, 0.25) is 0 Å². The van der Waals surface area contributed by atoms with Crippen molar-refractivity contribution in [1.82, 2.24) is 20.1 Å². The Morgan fingerprint density at radius 1 is 1.12 bits per heavy atom. The van der Waals surface area contributed by atoms with Crippen molar-refractivity contribution < 1.29 is 17.6 Å². The Balaban J connectivity index is 1.40. The van der Waals surface area contributed by atoms with E-state index in [1.807, 2.05) is 54.6 Å². The normalized spacial score (nSPS) is 13.0. The third kappa shape index (κ3) is 5.76. The van der Waals surface area contributed by atoms with Crippen molar-refractivity contribution in [1.29, 1.82) is 0 Å². The number of rotatable bonds is 10. The quantitative estimate of drug-likeness (QED) is 0.334. The summed E-state index contributed by atoms with van der Waals surface area (Å²) in [5.41, 5.74) is 2.25. The summed E-state index contributed by atoms with van der Waals surface area (Å²) in [5.74, 6) is 3.24. The summed E-state index contributed by atoms with van der Waals surface area (Å²) in [7, 11) is 0.179. The number of nitrogens with one attached hydrogen (secondary N) is 1. The Morgan fingerprint density at radius 3 is 2.64 bits per heavy atom. The van der Waals surface area contributed by atoms with Crippen molar-refractivity contribution in [3.63, 3.8) is 0 Å². The molecule has 1 atom stereocenters. The molecule has 0 fully saturated rings. The van der Waals surface area contributed by atoms with Crippen LogP contribution in [0.3, 0.4) is 0 Å².